The van der Waals surface area contributed by atoms with Gasteiger partial charge in [-0.05, 0) is 86.8 Å². The molecule has 2 saturated carbocycles. The number of rotatable bonds is 2. The molecule has 20 heavy (non-hydrogen) atoms. The fraction of sp³-hybridized carbons (Fsp3) is 0.579. The van der Waals surface area contributed by atoms with Gasteiger partial charge in [-0.3, -0.25) is 0 Å². The molecule has 0 spiro atoms. The minimum atomic E-state index is 0.770. The molecule has 2 aliphatic carbocycles. The van der Waals surface area contributed by atoms with Gasteiger partial charge in [-0.2, -0.15) is 0 Å². The molecule has 4 atom stereocenters. The van der Waals surface area contributed by atoms with Crippen molar-refractivity contribution in [2.45, 2.75) is 51.4 Å². The Balaban J connectivity index is 1.64. The lowest BCUT2D eigenvalue weighted by Gasteiger charge is -2.41. The Morgan fingerprint density at radius 3 is 2.40 bits per heavy atom. The van der Waals surface area contributed by atoms with Crippen molar-refractivity contribution in [1.82, 2.24) is 0 Å². The van der Waals surface area contributed by atoms with Gasteiger partial charge in [0.25, 0.3) is 0 Å². The van der Waals surface area contributed by atoms with Gasteiger partial charge in [0.2, 0.25) is 0 Å². The molecule has 0 aromatic heterocycles. The third-order valence-corrected chi connectivity index (χ3v) is 5.71. The van der Waals surface area contributed by atoms with Crippen LogP contribution in [0.1, 0.15) is 56.9 Å². The van der Waals surface area contributed by atoms with Gasteiger partial charge in [0, 0.05) is 5.02 Å². The Labute approximate surface area is 128 Å². The lowest BCUT2D eigenvalue weighted by Crippen LogP contribution is -2.29. The topological polar surface area (TPSA) is 0 Å². The molecule has 0 bridgehead atoms. The highest BCUT2D eigenvalue weighted by atomic mass is 35.5. The van der Waals surface area contributed by atoms with Gasteiger partial charge < -0.3 is 0 Å². The maximum atomic E-state index is 6.00. The van der Waals surface area contributed by atoms with Crippen LogP contribution in [0.15, 0.2) is 36.4 Å². The van der Waals surface area contributed by atoms with Crippen LogP contribution in [0.4, 0.5) is 0 Å². The van der Waals surface area contributed by atoms with E-state index in [2.05, 4.69) is 31.2 Å². The highest BCUT2D eigenvalue weighted by molar-refractivity contribution is 6.30. The van der Waals surface area contributed by atoms with Crippen molar-refractivity contribution in [3.8, 4) is 0 Å². The van der Waals surface area contributed by atoms with Crippen molar-refractivity contribution in [3.05, 3.63) is 47.0 Å². The summed E-state index contributed by atoms with van der Waals surface area (Å²) in [7, 11) is 0. The van der Waals surface area contributed by atoms with E-state index in [0.29, 0.717) is 0 Å². The van der Waals surface area contributed by atoms with Crippen LogP contribution >= 0.6 is 11.6 Å². The molecule has 0 amide bonds. The molecule has 2 unspecified atom stereocenters. The minimum absolute atomic E-state index is 0.770. The Kier molecular flexibility index (Phi) is 4.51. The SMILES string of the molecule is CC=CC1CC[C@H]2CC(c3ccc(Cl)cc3)CC[C@@H]2C1. The van der Waals surface area contributed by atoms with Gasteiger partial charge in [-0.1, -0.05) is 35.9 Å². The van der Waals surface area contributed by atoms with E-state index in [4.69, 9.17) is 11.6 Å². The van der Waals surface area contributed by atoms with E-state index in [9.17, 15) is 0 Å². The fourth-order valence-corrected chi connectivity index (χ4v) is 4.54. The highest BCUT2D eigenvalue weighted by Crippen LogP contribution is 2.47. The maximum absolute atomic E-state index is 6.00. The standard InChI is InChI=1S/C19H25Cl/c1-2-3-14-4-5-18-13-17(7-6-16(18)12-14)15-8-10-19(20)11-9-15/h2-3,8-11,14,16-18H,4-7,12-13H2,1H3/t14?,16-,17?,18+/m1/s1. The Morgan fingerprint density at radius 1 is 0.950 bits per heavy atom. The van der Waals surface area contributed by atoms with Crippen molar-refractivity contribution in [1.29, 1.82) is 0 Å². The average molecular weight is 289 g/mol. The Hall–Kier alpha value is -0.750. The largest absolute Gasteiger partial charge is 0.0914 e. The van der Waals surface area contributed by atoms with Gasteiger partial charge >= 0.3 is 0 Å². The first-order valence-corrected chi connectivity index (χ1v) is 8.52. The lowest BCUT2D eigenvalue weighted by atomic mass is 9.64. The second-order valence-corrected chi connectivity index (χ2v) is 7.12. The van der Waals surface area contributed by atoms with E-state index < -0.39 is 0 Å². The summed E-state index contributed by atoms with van der Waals surface area (Å²) in [5, 5.41) is 0.856. The number of hydrogen-bond donors (Lipinski definition) is 0. The average Bonchev–Trinajstić information content (AvgIpc) is 2.48. The van der Waals surface area contributed by atoms with Gasteiger partial charge in [-0.25, -0.2) is 0 Å². The van der Waals surface area contributed by atoms with E-state index >= 15 is 0 Å². The zero-order valence-corrected chi connectivity index (χ0v) is 13.2. The van der Waals surface area contributed by atoms with Crippen molar-refractivity contribution in [2.24, 2.45) is 17.8 Å². The maximum Gasteiger partial charge on any atom is 0.0406 e. The predicted molar refractivity (Wildman–Crippen MR) is 87.2 cm³/mol. The van der Waals surface area contributed by atoms with E-state index in [1.165, 1.54) is 44.1 Å². The molecular weight excluding hydrogens is 264 g/mol. The first kappa shape index (κ1) is 14.2. The van der Waals surface area contributed by atoms with E-state index in [-0.39, 0.29) is 0 Å². The van der Waals surface area contributed by atoms with Crippen LogP contribution in [-0.4, -0.2) is 0 Å². The van der Waals surface area contributed by atoms with Crippen LogP contribution in [0.3, 0.4) is 0 Å². The van der Waals surface area contributed by atoms with Crippen molar-refractivity contribution in [3.63, 3.8) is 0 Å². The molecule has 0 N–H and O–H groups in total. The predicted octanol–water partition coefficient (Wildman–Crippen LogP) is 6.22. The number of fused-ring (bicyclic) bond motifs is 1. The summed E-state index contributed by atoms with van der Waals surface area (Å²) in [6, 6.07) is 8.56. The number of allylic oxidation sites excluding steroid dienone is 2. The second kappa shape index (κ2) is 6.35. The first-order chi connectivity index (χ1) is 9.76. The molecule has 1 aromatic rings. The molecule has 108 valence electrons. The Bertz CT molecular complexity index is 459. The Morgan fingerprint density at radius 2 is 1.65 bits per heavy atom. The monoisotopic (exact) mass is 288 g/mol. The molecule has 0 aliphatic heterocycles. The lowest BCUT2D eigenvalue weighted by molar-refractivity contribution is 0.133. The summed E-state index contributed by atoms with van der Waals surface area (Å²) in [5.74, 6) is 3.57. The van der Waals surface area contributed by atoms with Crippen molar-refractivity contribution in [2.75, 3.05) is 0 Å². The van der Waals surface area contributed by atoms with Crippen LogP contribution < -0.4 is 0 Å². The smallest absolute Gasteiger partial charge is 0.0406 e. The summed E-state index contributed by atoms with van der Waals surface area (Å²) in [4.78, 5) is 0. The molecule has 2 aliphatic rings. The van der Waals surface area contributed by atoms with Gasteiger partial charge in [-0.15, -0.1) is 0 Å². The van der Waals surface area contributed by atoms with Gasteiger partial charge in [0.05, 0.1) is 0 Å². The summed E-state index contributed by atoms with van der Waals surface area (Å²) < 4.78 is 0. The molecule has 3 rings (SSSR count). The third kappa shape index (κ3) is 3.11. The molecule has 2 fully saturated rings. The van der Waals surface area contributed by atoms with E-state index in [0.717, 1.165) is 28.7 Å². The quantitative estimate of drug-likeness (QED) is 0.567. The zero-order valence-electron chi connectivity index (χ0n) is 12.4. The van der Waals surface area contributed by atoms with E-state index in [1.54, 1.807) is 0 Å². The highest BCUT2D eigenvalue weighted by Gasteiger charge is 2.35. The fourth-order valence-electron chi connectivity index (χ4n) is 4.41. The van der Waals surface area contributed by atoms with Crippen molar-refractivity contribution >= 4 is 11.6 Å². The third-order valence-electron chi connectivity index (χ3n) is 5.46. The molecule has 0 radical (unpaired) electrons. The van der Waals surface area contributed by atoms with Crippen LogP contribution in [0.5, 0.6) is 0 Å². The summed E-state index contributed by atoms with van der Waals surface area (Å²) in [6.07, 6.45) is 13.1. The van der Waals surface area contributed by atoms with Gasteiger partial charge in [0.1, 0.15) is 0 Å². The van der Waals surface area contributed by atoms with Crippen molar-refractivity contribution < 1.29 is 0 Å². The molecule has 1 aromatic carbocycles. The second-order valence-electron chi connectivity index (χ2n) is 6.68. The number of benzene rings is 1. The molecular formula is C19H25Cl. The first-order valence-electron chi connectivity index (χ1n) is 8.14. The molecule has 0 saturated heterocycles. The van der Waals surface area contributed by atoms with Crippen LogP contribution in [0.25, 0.3) is 0 Å². The molecule has 0 nitrogen and oxygen atoms in total. The normalized spacial score (nSPS) is 34.1. The van der Waals surface area contributed by atoms with Gasteiger partial charge in [0.15, 0.2) is 0 Å². The van der Waals surface area contributed by atoms with Crippen LogP contribution in [0, 0.1) is 17.8 Å². The summed E-state index contributed by atoms with van der Waals surface area (Å²) >= 11 is 6.00. The van der Waals surface area contributed by atoms with Crippen LogP contribution in [0.2, 0.25) is 5.02 Å². The number of halogens is 1. The number of hydrogen-bond acceptors (Lipinski definition) is 0. The summed E-state index contributed by atoms with van der Waals surface area (Å²) in [5.41, 5.74) is 1.50. The molecule has 0 heterocycles. The van der Waals surface area contributed by atoms with Crippen LogP contribution in [-0.2, 0) is 0 Å². The summed E-state index contributed by atoms with van der Waals surface area (Å²) in [6.45, 7) is 2.16. The molecule has 1 heteroatoms. The minimum Gasteiger partial charge on any atom is -0.0914 e. The van der Waals surface area contributed by atoms with E-state index in [1.807, 2.05) is 12.1 Å². The zero-order chi connectivity index (χ0) is 13.9.